The number of hydrogen-bond donors (Lipinski definition) is 0. The van der Waals surface area contributed by atoms with E-state index in [2.05, 4.69) is 35.1 Å². The third kappa shape index (κ3) is 3.52. The zero-order chi connectivity index (χ0) is 12.0. The third-order valence-corrected chi connectivity index (χ3v) is 3.56. The Morgan fingerprint density at radius 3 is 2.62 bits per heavy atom. The van der Waals surface area contributed by atoms with Crippen LogP contribution in [0.1, 0.15) is 19.0 Å². The first-order valence-corrected chi connectivity index (χ1v) is 7.24. The molecule has 0 spiro atoms. The zero-order valence-electron chi connectivity index (χ0n) is 9.98. The van der Waals surface area contributed by atoms with Crippen molar-refractivity contribution in [3.05, 3.63) is 18.1 Å². The molecule has 3 nitrogen and oxygen atoms in total. The van der Waals surface area contributed by atoms with E-state index in [9.17, 15) is 0 Å². The molecule has 0 saturated carbocycles. The smallest absolute Gasteiger partial charge is 0.147 e. The van der Waals surface area contributed by atoms with Crippen molar-refractivity contribution in [1.82, 2.24) is 9.97 Å². The average Bonchev–Trinajstić information content (AvgIpc) is 2.35. The maximum Gasteiger partial charge on any atom is 0.147 e. The monoisotopic (exact) mass is 259 g/mol. The molecular formula is C11H18ClN3S. The van der Waals surface area contributed by atoms with Crippen molar-refractivity contribution in [2.75, 3.05) is 24.0 Å². The highest BCUT2D eigenvalue weighted by atomic mass is 35.5. The second-order valence-electron chi connectivity index (χ2n) is 3.63. The highest BCUT2D eigenvalue weighted by molar-refractivity contribution is 7.98. The first-order valence-electron chi connectivity index (χ1n) is 5.31. The topological polar surface area (TPSA) is 29.0 Å². The second-order valence-corrected chi connectivity index (χ2v) is 4.81. The molecule has 0 aromatic carbocycles. The van der Waals surface area contributed by atoms with Gasteiger partial charge in [-0.2, -0.15) is 11.8 Å². The molecule has 1 aromatic heterocycles. The van der Waals surface area contributed by atoms with Crippen LogP contribution < -0.4 is 4.90 Å². The van der Waals surface area contributed by atoms with Crippen LogP contribution in [-0.4, -0.2) is 35.1 Å². The molecule has 1 heterocycles. The van der Waals surface area contributed by atoms with Gasteiger partial charge in [-0.3, -0.25) is 4.98 Å². The van der Waals surface area contributed by atoms with Gasteiger partial charge in [-0.1, -0.05) is 6.92 Å². The van der Waals surface area contributed by atoms with Crippen molar-refractivity contribution in [3.63, 3.8) is 0 Å². The van der Waals surface area contributed by atoms with E-state index in [4.69, 9.17) is 11.6 Å². The summed E-state index contributed by atoms with van der Waals surface area (Å²) >= 11 is 7.53. The molecule has 1 unspecified atom stereocenters. The lowest BCUT2D eigenvalue weighted by atomic mass is 10.2. The van der Waals surface area contributed by atoms with Crippen LogP contribution >= 0.6 is 23.4 Å². The molecule has 1 rings (SSSR count). The Balaban J connectivity index is 2.73. The molecule has 0 aliphatic carbocycles. The minimum absolute atomic E-state index is 0.416. The minimum atomic E-state index is 0.416. The van der Waals surface area contributed by atoms with E-state index in [1.54, 1.807) is 12.4 Å². The van der Waals surface area contributed by atoms with Crippen molar-refractivity contribution >= 4 is 29.2 Å². The highest BCUT2D eigenvalue weighted by Gasteiger charge is 2.13. The van der Waals surface area contributed by atoms with Gasteiger partial charge in [0.05, 0.1) is 24.0 Å². The van der Waals surface area contributed by atoms with Crippen LogP contribution in [0.3, 0.4) is 0 Å². The summed E-state index contributed by atoms with van der Waals surface area (Å²) in [6.45, 7) is 2.19. The molecule has 0 amide bonds. The summed E-state index contributed by atoms with van der Waals surface area (Å²) < 4.78 is 0. The lowest BCUT2D eigenvalue weighted by molar-refractivity contribution is 0.664. The van der Waals surface area contributed by atoms with Gasteiger partial charge in [0.25, 0.3) is 0 Å². The van der Waals surface area contributed by atoms with E-state index in [-0.39, 0.29) is 0 Å². The predicted molar refractivity (Wildman–Crippen MR) is 72.5 cm³/mol. The number of rotatable bonds is 6. The number of nitrogens with zero attached hydrogens (tertiary/aromatic N) is 3. The summed E-state index contributed by atoms with van der Waals surface area (Å²) in [5, 5.41) is 0. The molecule has 0 aliphatic heterocycles. The first-order chi connectivity index (χ1) is 7.72. The van der Waals surface area contributed by atoms with E-state index in [0.29, 0.717) is 11.9 Å². The SMILES string of the molecule is CCC(CSC)N(C)c1cnc(CCl)cn1. The van der Waals surface area contributed by atoms with Gasteiger partial charge < -0.3 is 4.90 Å². The van der Waals surface area contributed by atoms with Crippen LogP contribution in [0.25, 0.3) is 0 Å². The normalized spacial score (nSPS) is 12.5. The molecule has 5 heteroatoms. The molecule has 16 heavy (non-hydrogen) atoms. The first kappa shape index (κ1) is 13.6. The predicted octanol–water partition coefficient (Wildman–Crippen LogP) is 2.79. The van der Waals surface area contributed by atoms with Crippen molar-refractivity contribution in [1.29, 1.82) is 0 Å². The van der Waals surface area contributed by atoms with Crippen LogP contribution in [0.4, 0.5) is 5.82 Å². The van der Waals surface area contributed by atoms with Gasteiger partial charge in [-0.05, 0) is 12.7 Å². The zero-order valence-corrected chi connectivity index (χ0v) is 11.6. The van der Waals surface area contributed by atoms with E-state index in [0.717, 1.165) is 23.7 Å². The molecule has 0 N–H and O–H groups in total. The molecule has 1 aromatic rings. The fraction of sp³-hybridized carbons (Fsp3) is 0.636. The Morgan fingerprint density at radius 2 is 2.19 bits per heavy atom. The standard InChI is InChI=1S/C11H18ClN3S/c1-4-10(8-16-3)15(2)11-7-13-9(5-12)6-14-11/h6-7,10H,4-5,8H2,1-3H3. The average molecular weight is 260 g/mol. The lowest BCUT2D eigenvalue weighted by Gasteiger charge is -2.27. The quantitative estimate of drug-likeness (QED) is 0.735. The Kier molecular flexibility index (Phi) is 5.91. The summed E-state index contributed by atoms with van der Waals surface area (Å²) in [5.41, 5.74) is 0.816. The Labute approximate surface area is 107 Å². The van der Waals surface area contributed by atoms with Crippen molar-refractivity contribution in [2.45, 2.75) is 25.3 Å². The Bertz CT molecular complexity index is 305. The van der Waals surface area contributed by atoms with E-state index in [1.165, 1.54) is 0 Å². The molecule has 0 radical (unpaired) electrons. The van der Waals surface area contributed by atoms with Crippen molar-refractivity contribution in [2.24, 2.45) is 0 Å². The van der Waals surface area contributed by atoms with Gasteiger partial charge >= 0.3 is 0 Å². The maximum absolute atomic E-state index is 5.68. The molecule has 90 valence electrons. The van der Waals surface area contributed by atoms with Crippen molar-refractivity contribution in [3.8, 4) is 0 Å². The summed E-state index contributed by atoms with van der Waals surface area (Å²) in [5.74, 6) is 2.43. The maximum atomic E-state index is 5.68. The summed E-state index contributed by atoms with van der Waals surface area (Å²) in [4.78, 5) is 10.8. The molecule has 0 bridgehead atoms. The van der Waals surface area contributed by atoms with Gasteiger partial charge in [0, 0.05) is 18.8 Å². The molecule has 0 saturated heterocycles. The van der Waals surface area contributed by atoms with Crippen LogP contribution in [0, 0.1) is 0 Å². The van der Waals surface area contributed by atoms with Gasteiger partial charge in [0.15, 0.2) is 0 Å². The summed E-state index contributed by atoms with van der Waals surface area (Å²) in [6, 6.07) is 0.506. The van der Waals surface area contributed by atoms with E-state index >= 15 is 0 Å². The molecular weight excluding hydrogens is 242 g/mol. The third-order valence-electron chi connectivity index (χ3n) is 2.57. The summed E-state index contributed by atoms with van der Waals surface area (Å²) in [6.07, 6.45) is 6.76. The number of thioether (sulfide) groups is 1. The van der Waals surface area contributed by atoms with E-state index < -0.39 is 0 Å². The van der Waals surface area contributed by atoms with Crippen LogP contribution in [0.15, 0.2) is 12.4 Å². The molecule has 0 aliphatic rings. The van der Waals surface area contributed by atoms with Crippen molar-refractivity contribution < 1.29 is 0 Å². The van der Waals surface area contributed by atoms with Gasteiger partial charge in [0.1, 0.15) is 5.82 Å². The largest absolute Gasteiger partial charge is 0.355 e. The van der Waals surface area contributed by atoms with Crippen LogP contribution in [0.2, 0.25) is 0 Å². The Hall–Kier alpha value is -0.480. The second kappa shape index (κ2) is 6.97. The lowest BCUT2D eigenvalue weighted by Crippen LogP contribution is -2.33. The minimum Gasteiger partial charge on any atom is -0.355 e. The fourth-order valence-electron chi connectivity index (χ4n) is 1.48. The van der Waals surface area contributed by atoms with Gasteiger partial charge in [0.2, 0.25) is 0 Å². The van der Waals surface area contributed by atoms with Crippen LogP contribution in [-0.2, 0) is 5.88 Å². The molecule has 0 fully saturated rings. The summed E-state index contributed by atoms with van der Waals surface area (Å²) in [7, 11) is 2.06. The van der Waals surface area contributed by atoms with Gasteiger partial charge in [-0.15, -0.1) is 11.6 Å². The Morgan fingerprint density at radius 1 is 1.44 bits per heavy atom. The number of aromatic nitrogens is 2. The van der Waals surface area contributed by atoms with Gasteiger partial charge in [-0.25, -0.2) is 4.98 Å². The molecule has 1 atom stereocenters. The number of hydrogen-bond acceptors (Lipinski definition) is 4. The highest BCUT2D eigenvalue weighted by Crippen LogP contribution is 2.15. The number of alkyl halides is 1. The number of anilines is 1. The number of halogens is 1. The van der Waals surface area contributed by atoms with E-state index in [1.807, 2.05) is 11.8 Å². The fourth-order valence-corrected chi connectivity index (χ4v) is 2.46. The van der Waals surface area contributed by atoms with Crippen LogP contribution in [0.5, 0.6) is 0 Å².